The van der Waals surface area contributed by atoms with E-state index in [4.69, 9.17) is 15.3 Å². The lowest BCUT2D eigenvalue weighted by atomic mass is 9.98. The van der Waals surface area contributed by atoms with Gasteiger partial charge in [-0.3, -0.25) is 5.84 Å². The molecule has 3 N–H and O–H groups in total. The topological polar surface area (TPSA) is 56.5 Å². The van der Waals surface area contributed by atoms with E-state index in [1.807, 2.05) is 0 Å². The molecule has 4 nitrogen and oxygen atoms in total. The summed E-state index contributed by atoms with van der Waals surface area (Å²) in [6, 6.07) is 8.04. The number of benzene rings is 2. The van der Waals surface area contributed by atoms with E-state index in [0.29, 0.717) is 30.3 Å². The first-order chi connectivity index (χ1) is 10.2. The zero-order valence-electron chi connectivity index (χ0n) is 11.1. The summed E-state index contributed by atoms with van der Waals surface area (Å²) >= 11 is 0. The van der Waals surface area contributed by atoms with Crippen LogP contribution < -0.4 is 20.7 Å². The molecule has 6 heteroatoms. The van der Waals surface area contributed by atoms with E-state index in [1.165, 1.54) is 12.1 Å². The molecule has 0 fully saturated rings. The Labute approximate surface area is 120 Å². The van der Waals surface area contributed by atoms with Gasteiger partial charge in [-0.15, -0.1) is 0 Å². The molecule has 1 unspecified atom stereocenters. The maximum Gasteiger partial charge on any atom is 0.161 e. The summed E-state index contributed by atoms with van der Waals surface area (Å²) in [4.78, 5) is 0. The maximum atomic E-state index is 13.4. The first-order valence-corrected chi connectivity index (χ1v) is 6.49. The lowest BCUT2D eigenvalue weighted by Crippen LogP contribution is -2.29. The van der Waals surface area contributed by atoms with E-state index >= 15 is 0 Å². The highest BCUT2D eigenvalue weighted by Gasteiger charge is 2.18. The normalized spacial score (nSPS) is 14.8. The second kappa shape index (κ2) is 5.67. The van der Waals surface area contributed by atoms with Crippen molar-refractivity contribution in [1.29, 1.82) is 0 Å². The molecule has 3 rings (SSSR count). The van der Waals surface area contributed by atoms with Gasteiger partial charge in [0.2, 0.25) is 0 Å². The third-order valence-corrected chi connectivity index (χ3v) is 3.28. The molecule has 1 aliphatic rings. The van der Waals surface area contributed by atoms with Crippen molar-refractivity contribution < 1.29 is 18.3 Å². The number of hydrazine groups is 1. The quantitative estimate of drug-likeness (QED) is 0.673. The molecule has 1 heterocycles. The Hall–Kier alpha value is -2.18. The van der Waals surface area contributed by atoms with Gasteiger partial charge < -0.3 is 9.47 Å². The first-order valence-electron chi connectivity index (χ1n) is 6.49. The molecule has 1 aliphatic heterocycles. The minimum atomic E-state index is -0.650. The fraction of sp³-hybridized carbons (Fsp3) is 0.200. The zero-order valence-corrected chi connectivity index (χ0v) is 11.1. The molecule has 2 aromatic rings. The molecular weight excluding hydrogens is 278 g/mol. The third kappa shape index (κ3) is 2.81. The highest BCUT2D eigenvalue weighted by molar-refractivity contribution is 5.46. The Morgan fingerprint density at radius 1 is 0.905 bits per heavy atom. The van der Waals surface area contributed by atoms with Crippen molar-refractivity contribution in [1.82, 2.24) is 5.43 Å². The highest BCUT2D eigenvalue weighted by Crippen LogP contribution is 2.34. The number of hydrogen-bond acceptors (Lipinski definition) is 4. The largest absolute Gasteiger partial charge is 0.486 e. The van der Waals surface area contributed by atoms with E-state index < -0.39 is 17.7 Å². The lowest BCUT2D eigenvalue weighted by Gasteiger charge is -2.22. The summed E-state index contributed by atoms with van der Waals surface area (Å²) in [6.45, 7) is 0.964. The Balaban J connectivity index is 1.99. The Bertz CT molecular complexity index is 644. The van der Waals surface area contributed by atoms with Gasteiger partial charge in [0.1, 0.15) is 24.8 Å². The summed E-state index contributed by atoms with van der Waals surface area (Å²) < 4.78 is 37.7. The Morgan fingerprint density at radius 3 is 2.24 bits per heavy atom. The summed E-state index contributed by atoms with van der Waals surface area (Å²) in [5.41, 5.74) is 3.69. The van der Waals surface area contributed by atoms with Crippen molar-refractivity contribution in [2.45, 2.75) is 6.04 Å². The second-order valence-corrected chi connectivity index (χ2v) is 4.71. The smallest absolute Gasteiger partial charge is 0.161 e. The van der Waals surface area contributed by atoms with Crippen molar-refractivity contribution in [2.24, 2.45) is 5.84 Å². The predicted molar refractivity (Wildman–Crippen MR) is 73.0 cm³/mol. The molecule has 1 atom stereocenters. The van der Waals surface area contributed by atoms with Gasteiger partial charge in [-0.05, 0) is 35.4 Å². The molecule has 0 saturated carbocycles. The van der Waals surface area contributed by atoms with E-state index in [1.54, 1.807) is 18.2 Å². The standard InChI is InChI=1S/C15H14F2N2O2/c16-11-5-10(6-12(17)8-11)15(19-18)9-1-2-13-14(7-9)21-4-3-20-13/h1-2,5-8,15,19H,3-4,18H2. The van der Waals surface area contributed by atoms with Crippen LogP contribution in [0, 0.1) is 11.6 Å². The predicted octanol–water partition coefficient (Wildman–Crippen LogP) is 2.29. The number of nitrogens with one attached hydrogen (secondary N) is 1. The second-order valence-electron chi connectivity index (χ2n) is 4.71. The van der Waals surface area contributed by atoms with Crippen LogP contribution in [-0.4, -0.2) is 13.2 Å². The summed E-state index contributed by atoms with van der Waals surface area (Å²) in [7, 11) is 0. The van der Waals surface area contributed by atoms with E-state index in [0.717, 1.165) is 11.6 Å². The lowest BCUT2D eigenvalue weighted by molar-refractivity contribution is 0.171. The van der Waals surface area contributed by atoms with E-state index in [2.05, 4.69) is 5.43 Å². The number of rotatable bonds is 3. The van der Waals surface area contributed by atoms with Crippen molar-refractivity contribution in [2.75, 3.05) is 13.2 Å². The molecule has 2 aromatic carbocycles. The van der Waals surface area contributed by atoms with Crippen LogP contribution in [0.1, 0.15) is 17.2 Å². The number of halogens is 2. The van der Waals surface area contributed by atoms with Gasteiger partial charge in [-0.25, -0.2) is 14.2 Å². The van der Waals surface area contributed by atoms with Gasteiger partial charge in [-0.1, -0.05) is 6.07 Å². The minimum absolute atomic E-state index is 0.395. The van der Waals surface area contributed by atoms with Crippen LogP contribution in [0.15, 0.2) is 36.4 Å². The fourth-order valence-corrected chi connectivity index (χ4v) is 2.37. The van der Waals surface area contributed by atoms with Gasteiger partial charge in [0.05, 0.1) is 6.04 Å². The van der Waals surface area contributed by atoms with Gasteiger partial charge in [0, 0.05) is 6.07 Å². The van der Waals surface area contributed by atoms with Gasteiger partial charge in [-0.2, -0.15) is 0 Å². The Morgan fingerprint density at radius 2 is 1.57 bits per heavy atom. The molecule has 0 aliphatic carbocycles. The van der Waals surface area contributed by atoms with Crippen molar-refractivity contribution in [3.05, 3.63) is 59.2 Å². The van der Waals surface area contributed by atoms with Gasteiger partial charge in [0.15, 0.2) is 11.5 Å². The van der Waals surface area contributed by atoms with Crippen molar-refractivity contribution in [3.8, 4) is 11.5 Å². The zero-order chi connectivity index (χ0) is 14.8. The SMILES string of the molecule is NNC(c1cc(F)cc(F)c1)c1ccc2c(c1)OCCO2. The van der Waals surface area contributed by atoms with Crippen LogP contribution in [0.25, 0.3) is 0 Å². The number of hydrogen-bond donors (Lipinski definition) is 2. The van der Waals surface area contributed by atoms with Gasteiger partial charge in [0.25, 0.3) is 0 Å². The number of fused-ring (bicyclic) bond motifs is 1. The highest BCUT2D eigenvalue weighted by atomic mass is 19.1. The molecular formula is C15H14F2N2O2. The fourth-order valence-electron chi connectivity index (χ4n) is 2.37. The summed E-state index contributed by atoms with van der Waals surface area (Å²) in [5, 5.41) is 0. The number of nitrogens with two attached hydrogens (primary N) is 1. The summed E-state index contributed by atoms with van der Waals surface area (Å²) in [6.07, 6.45) is 0. The van der Waals surface area contributed by atoms with Crippen LogP contribution in [-0.2, 0) is 0 Å². The summed E-state index contributed by atoms with van der Waals surface area (Å²) in [5.74, 6) is 5.48. The molecule has 0 saturated heterocycles. The molecule has 21 heavy (non-hydrogen) atoms. The average Bonchev–Trinajstić information content (AvgIpc) is 2.47. The average molecular weight is 292 g/mol. The van der Waals surface area contributed by atoms with Crippen LogP contribution in [0.2, 0.25) is 0 Å². The minimum Gasteiger partial charge on any atom is -0.486 e. The van der Waals surface area contributed by atoms with Crippen LogP contribution >= 0.6 is 0 Å². The monoisotopic (exact) mass is 292 g/mol. The van der Waals surface area contributed by atoms with Gasteiger partial charge >= 0.3 is 0 Å². The molecule has 110 valence electrons. The molecule has 0 amide bonds. The Kier molecular flexibility index (Phi) is 3.72. The van der Waals surface area contributed by atoms with Crippen LogP contribution in [0.5, 0.6) is 11.5 Å². The van der Waals surface area contributed by atoms with Crippen LogP contribution in [0.4, 0.5) is 8.78 Å². The first kappa shape index (κ1) is 13.8. The molecule has 0 bridgehead atoms. The molecule has 0 radical (unpaired) electrons. The van der Waals surface area contributed by atoms with Crippen LogP contribution in [0.3, 0.4) is 0 Å². The van der Waals surface area contributed by atoms with Crippen molar-refractivity contribution in [3.63, 3.8) is 0 Å². The van der Waals surface area contributed by atoms with E-state index in [-0.39, 0.29) is 0 Å². The maximum absolute atomic E-state index is 13.4. The van der Waals surface area contributed by atoms with E-state index in [9.17, 15) is 8.78 Å². The molecule has 0 spiro atoms. The third-order valence-electron chi connectivity index (χ3n) is 3.28. The number of ether oxygens (including phenoxy) is 2. The van der Waals surface area contributed by atoms with Crippen molar-refractivity contribution >= 4 is 0 Å². The molecule has 0 aromatic heterocycles.